The first-order chi connectivity index (χ1) is 9.81. The number of aromatic nitrogens is 2. The van der Waals surface area contributed by atoms with Crippen LogP contribution in [0.4, 0.5) is 4.39 Å². The van der Waals surface area contributed by atoms with Crippen LogP contribution in [0.1, 0.15) is 25.0 Å². The van der Waals surface area contributed by atoms with E-state index in [1.54, 1.807) is 13.8 Å². The highest BCUT2D eigenvalue weighted by molar-refractivity contribution is 6.32. The van der Waals surface area contributed by atoms with Gasteiger partial charge >= 0.3 is 0 Å². The van der Waals surface area contributed by atoms with Gasteiger partial charge in [-0.3, -0.25) is 4.79 Å². The van der Waals surface area contributed by atoms with Gasteiger partial charge in [0, 0.05) is 11.6 Å². The molecule has 2 rings (SSSR count). The van der Waals surface area contributed by atoms with Crippen molar-refractivity contribution in [3.8, 4) is 11.4 Å². The van der Waals surface area contributed by atoms with Crippen molar-refractivity contribution in [1.29, 1.82) is 0 Å². The summed E-state index contributed by atoms with van der Waals surface area (Å²) in [6, 6.07) is 2.51. The Morgan fingerprint density at radius 1 is 1.33 bits per heavy atom. The molecular formula is C15H16ClFN2O2. The van der Waals surface area contributed by atoms with Crippen molar-refractivity contribution in [2.45, 2.75) is 33.8 Å². The van der Waals surface area contributed by atoms with Crippen LogP contribution in [0, 0.1) is 19.7 Å². The third-order valence-corrected chi connectivity index (χ3v) is 3.36. The van der Waals surface area contributed by atoms with Crippen molar-refractivity contribution in [3.63, 3.8) is 0 Å². The predicted octanol–water partition coefficient (Wildman–Crippen LogP) is 3.43. The predicted molar refractivity (Wildman–Crippen MR) is 80.0 cm³/mol. The van der Waals surface area contributed by atoms with E-state index in [4.69, 9.17) is 16.3 Å². The third-order valence-electron chi connectivity index (χ3n) is 3.06. The van der Waals surface area contributed by atoms with Crippen LogP contribution in [0.25, 0.3) is 5.69 Å². The van der Waals surface area contributed by atoms with Gasteiger partial charge in [0.05, 0.1) is 17.3 Å². The van der Waals surface area contributed by atoms with Gasteiger partial charge in [-0.15, -0.1) is 0 Å². The maximum Gasteiger partial charge on any atom is 0.274 e. The normalized spacial score (nSPS) is 11.0. The van der Waals surface area contributed by atoms with Crippen LogP contribution < -0.4 is 10.3 Å². The van der Waals surface area contributed by atoms with Gasteiger partial charge in [0.2, 0.25) is 0 Å². The Labute approximate surface area is 127 Å². The summed E-state index contributed by atoms with van der Waals surface area (Å²) in [5.74, 6) is -0.316. The average Bonchev–Trinajstić information content (AvgIpc) is 2.40. The second-order valence-electron chi connectivity index (χ2n) is 5.07. The molecule has 0 aliphatic rings. The summed E-state index contributed by atoms with van der Waals surface area (Å²) in [6.07, 6.45) is 1.40. The number of ether oxygens (including phenoxy) is 1. The van der Waals surface area contributed by atoms with Crippen molar-refractivity contribution >= 4 is 11.6 Å². The molecule has 0 bridgehead atoms. The fourth-order valence-electron chi connectivity index (χ4n) is 1.82. The van der Waals surface area contributed by atoms with E-state index >= 15 is 0 Å². The molecule has 112 valence electrons. The van der Waals surface area contributed by atoms with Crippen LogP contribution in [0.5, 0.6) is 5.75 Å². The van der Waals surface area contributed by atoms with Crippen molar-refractivity contribution in [1.82, 2.24) is 9.78 Å². The first-order valence-corrected chi connectivity index (χ1v) is 6.90. The lowest BCUT2D eigenvalue weighted by Gasteiger charge is -2.14. The maximum absolute atomic E-state index is 14.1. The highest BCUT2D eigenvalue weighted by atomic mass is 35.5. The summed E-state index contributed by atoms with van der Waals surface area (Å²) in [6.45, 7) is 7.12. The molecule has 0 aliphatic heterocycles. The van der Waals surface area contributed by atoms with Gasteiger partial charge in [0.1, 0.15) is 11.4 Å². The molecule has 0 saturated heterocycles. The molecule has 4 nitrogen and oxygen atoms in total. The zero-order chi connectivity index (χ0) is 15.7. The Hall–Kier alpha value is -1.88. The van der Waals surface area contributed by atoms with Gasteiger partial charge in [0.25, 0.3) is 5.56 Å². The van der Waals surface area contributed by atoms with Crippen LogP contribution in [-0.2, 0) is 0 Å². The number of nitrogens with zero attached hydrogens (tertiary/aromatic N) is 2. The van der Waals surface area contributed by atoms with Crippen molar-refractivity contribution in [2.75, 3.05) is 0 Å². The molecule has 0 atom stereocenters. The summed E-state index contributed by atoms with van der Waals surface area (Å²) >= 11 is 5.96. The first-order valence-electron chi connectivity index (χ1n) is 6.53. The van der Waals surface area contributed by atoms with E-state index in [1.165, 1.54) is 12.3 Å². The summed E-state index contributed by atoms with van der Waals surface area (Å²) in [4.78, 5) is 12.2. The molecular weight excluding hydrogens is 295 g/mol. The molecule has 2 aromatic rings. The summed E-state index contributed by atoms with van der Waals surface area (Å²) in [5.41, 5.74) is 0.921. The van der Waals surface area contributed by atoms with Gasteiger partial charge < -0.3 is 4.74 Å². The molecule has 0 N–H and O–H groups in total. The van der Waals surface area contributed by atoms with E-state index in [9.17, 15) is 9.18 Å². The van der Waals surface area contributed by atoms with Crippen molar-refractivity contribution in [3.05, 3.63) is 50.7 Å². The third kappa shape index (κ3) is 3.08. The molecule has 1 aromatic carbocycles. The van der Waals surface area contributed by atoms with Crippen LogP contribution >= 0.6 is 11.6 Å². The van der Waals surface area contributed by atoms with Gasteiger partial charge in [-0.2, -0.15) is 9.78 Å². The van der Waals surface area contributed by atoms with Crippen LogP contribution in [0.15, 0.2) is 23.1 Å². The number of halogens is 2. The largest absolute Gasteiger partial charge is 0.489 e. The Bertz CT molecular complexity index is 741. The molecule has 0 saturated carbocycles. The van der Waals surface area contributed by atoms with E-state index in [1.807, 2.05) is 13.8 Å². The summed E-state index contributed by atoms with van der Waals surface area (Å²) in [7, 11) is 0. The lowest BCUT2D eigenvalue weighted by molar-refractivity contribution is 0.242. The first kappa shape index (κ1) is 15.5. The van der Waals surface area contributed by atoms with E-state index in [0.717, 1.165) is 16.3 Å². The van der Waals surface area contributed by atoms with Gasteiger partial charge in [0.15, 0.2) is 5.82 Å². The monoisotopic (exact) mass is 310 g/mol. The minimum atomic E-state index is -0.631. The molecule has 6 heteroatoms. The Balaban J connectivity index is 2.64. The number of rotatable bonds is 3. The zero-order valence-corrected chi connectivity index (χ0v) is 13.0. The Morgan fingerprint density at radius 3 is 2.62 bits per heavy atom. The smallest absolute Gasteiger partial charge is 0.274 e. The molecule has 0 aliphatic carbocycles. The molecule has 0 spiro atoms. The second-order valence-corrected chi connectivity index (χ2v) is 5.48. The average molecular weight is 311 g/mol. The molecule has 1 aromatic heterocycles. The topological polar surface area (TPSA) is 44.1 Å². The van der Waals surface area contributed by atoms with Gasteiger partial charge in [-0.05, 0) is 39.3 Å². The van der Waals surface area contributed by atoms with Crippen LogP contribution in [0.2, 0.25) is 5.02 Å². The van der Waals surface area contributed by atoms with E-state index < -0.39 is 5.82 Å². The lowest BCUT2D eigenvalue weighted by atomic mass is 10.2. The fraction of sp³-hybridized carbons (Fsp3) is 0.333. The van der Waals surface area contributed by atoms with E-state index in [0.29, 0.717) is 11.3 Å². The number of hydrogen-bond donors (Lipinski definition) is 0. The molecule has 1 heterocycles. The molecule has 21 heavy (non-hydrogen) atoms. The van der Waals surface area contributed by atoms with Gasteiger partial charge in [-0.1, -0.05) is 11.6 Å². The maximum atomic E-state index is 14.1. The zero-order valence-electron chi connectivity index (χ0n) is 12.3. The minimum absolute atomic E-state index is 0.0168. The lowest BCUT2D eigenvalue weighted by Crippen LogP contribution is -2.25. The fourth-order valence-corrected chi connectivity index (χ4v) is 2.01. The van der Waals surface area contributed by atoms with Gasteiger partial charge in [-0.25, -0.2) is 4.39 Å². The summed E-state index contributed by atoms with van der Waals surface area (Å²) in [5, 5.41) is 4.14. The molecule has 0 fully saturated rings. The minimum Gasteiger partial charge on any atom is -0.489 e. The highest BCUT2D eigenvalue weighted by Gasteiger charge is 2.15. The van der Waals surface area contributed by atoms with E-state index in [2.05, 4.69) is 5.10 Å². The highest BCUT2D eigenvalue weighted by Crippen LogP contribution is 2.29. The molecule has 0 amide bonds. The summed E-state index contributed by atoms with van der Waals surface area (Å²) < 4.78 is 20.7. The molecule has 0 unspecified atom stereocenters. The SMILES string of the molecule is Cc1cnn(-c2cc(OC(C)C)c(Cl)cc2F)c(=O)c1C. The van der Waals surface area contributed by atoms with Crippen LogP contribution in [-0.4, -0.2) is 15.9 Å². The number of hydrogen-bond acceptors (Lipinski definition) is 3. The van der Waals surface area contributed by atoms with Crippen molar-refractivity contribution < 1.29 is 9.13 Å². The standard InChI is InChI=1S/C15H16ClFN2O2/c1-8(2)21-14-6-13(12(17)5-11(14)16)19-15(20)10(4)9(3)7-18-19/h5-8H,1-4H3. The van der Waals surface area contributed by atoms with E-state index in [-0.39, 0.29) is 22.4 Å². The molecule has 0 radical (unpaired) electrons. The number of aryl methyl sites for hydroxylation is 1. The number of benzene rings is 1. The Kier molecular flexibility index (Phi) is 4.32. The van der Waals surface area contributed by atoms with Crippen molar-refractivity contribution in [2.24, 2.45) is 0 Å². The Morgan fingerprint density at radius 2 is 2.00 bits per heavy atom. The van der Waals surface area contributed by atoms with Crippen LogP contribution in [0.3, 0.4) is 0 Å². The quantitative estimate of drug-likeness (QED) is 0.872. The second kappa shape index (κ2) is 5.85.